The van der Waals surface area contributed by atoms with Gasteiger partial charge in [-0.25, -0.2) is 9.18 Å². The van der Waals surface area contributed by atoms with E-state index in [-0.39, 0.29) is 12.3 Å². The first-order chi connectivity index (χ1) is 12.8. The lowest BCUT2D eigenvalue weighted by atomic mass is 10.1. The third kappa shape index (κ3) is 3.99. The molecule has 1 aromatic heterocycles. The number of hydrogen-bond donors (Lipinski definition) is 0. The summed E-state index contributed by atoms with van der Waals surface area (Å²) in [6.45, 7) is 1.30. The average molecular weight is 379 g/mol. The molecule has 1 heterocycles. The standard InChI is InChI=1S/C19H13F4NO3/c1-11-16(24-27-17(11)12-6-8-13(20)9-7-12)10-26-18(25)14-4-2-3-5-15(14)19(21,22)23/h2-9H,10H2,1H3. The number of nitrogens with zero attached hydrogens (tertiary/aromatic N) is 1. The molecule has 8 heteroatoms. The fraction of sp³-hybridized carbons (Fsp3) is 0.158. The normalized spacial score (nSPS) is 11.4. The number of benzene rings is 2. The van der Waals surface area contributed by atoms with Crippen LogP contribution in [0.25, 0.3) is 11.3 Å². The highest BCUT2D eigenvalue weighted by Gasteiger charge is 2.35. The van der Waals surface area contributed by atoms with E-state index in [1.165, 1.54) is 36.4 Å². The molecule has 0 saturated carbocycles. The van der Waals surface area contributed by atoms with Crippen LogP contribution in [0.3, 0.4) is 0 Å². The van der Waals surface area contributed by atoms with Crippen LogP contribution in [0.1, 0.15) is 27.2 Å². The minimum Gasteiger partial charge on any atom is -0.455 e. The maximum Gasteiger partial charge on any atom is 0.417 e. The van der Waals surface area contributed by atoms with Gasteiger partial charge >= 0.3 is 12.1 Å². The minimum atomic E-state index is -4.67. The zero-order valence-electron chi connectivity index (χ0n) is 14.0. The van der Waals surface area contributed by atoms with E-state index in [2.05, 4.69) is 5.16 Å². The monoisotopic (exact) mass is 379 g/mol. The highest BCUT2D eigenvalue weighted by molar-refractivity contribution is 5.91. The molecule has 0 aliphatic rings. The predicted molar refractivity (Wildman–Crippen MR) is 87.2 cm³/mol. The Labute approximate surface area is 151 Å². The van der Waals surface area contributed by atoms with E-state index < -0.39 is 29.1 Å². The van der Waals surface area contributed by atoms with Gasteiger partial charge in [-0.05, 0) is 43.3 Å². The number of carbonyl (C=O) groups is 1. The summed E-state index contributed by atoms with van der Waals surface area (Å²) in [6, 6.07) is 9.87. The molecule has 0 spiro atoms. The maximum absolute atomic E-state index is 13.0. The predicted octanol–water partition coefficient (Wildman–Crippen LogP) is 5.16. The molecule has 0 fully saturated rings. The van der Waals surface area contributed by atoms with E-state index in [9.17, 15) is 22.4 Å². The van der Waals surface area contributed by atoms with Crippen molar-refractivity contribution >= 4 is 5.97 Å². The molecule has 0 aliphatic carbocycles. The molecule has 0 amide bonds. The van der Waals surface area contributed by atoms with Crippen molar-refractivity contribution in [1.29, 1.82) is 0 Å². The molecule has 4 nitrogen and oxygen atoms in total. The molecule has 0 unspecified atom stereocenters. The van der Waals surface area contributed by atoms with Crippen LogP contribution in [0.4, 0.5) is 17.6 Å². The van der Waals surface area contributed by atoms with Crippen molar-refractivity contribution in [2.45, 2.75) is 19.7 Å². The second kappa shape index (κ2) is 7.22. The van der Waals surface area contributed by atoms with Crippen LogP contribution in [0.15, 0.2) is 53.1 Å². The van der Waals surface area contributed by atoms with Gasteiger partial charge in [-0.3, -0.25) is 0 Å². The Balaban J connectivity index is 1.77. The lowest BCUT2D eigenvalue weighted by Crippen LogP contribution is -2.15. The van der Waals surface area contributed by atoms with Crippen LogP contribution in [0.5, 0.6) is 0 Å². The quantitative estimate of drug-likeness (QED) is 0.464. The van der Waals surface area contributed by atoms with Crippen molar-refractivity contribution in [3.8, 4) is 11.3 Å². The zero-order chi connectivity index (χ0) is 19.6. The Morgan fingerprint density at radius 3 is 2.44 bits per heavy atom. The van der Waals surface area contributed by atoms with Crippen LogP contribution in [0, 0.1) is 12.7 Å². The van der Waals surface area contributed by atoms with Crippen molar-refractivity contribution in [2.75, 3.05) is 0 Å². The fourth-order valence-corrected chi connectivity index (χ4v) is 2.49. The molecule has 3 rings (SSSR count). The van der Waals surface area contributed by atoms with E-state index in [4.69, 9.17) is 9.26 Å². The second-order valence-electron chi connectivity index (χ2n) is 5.71. The lowest BCUT2D eigenvalue weighted by Gasteiger charge is -2.11. The third-order valence-electron chi connectivity index (χ3n) is 3.92. The molecule has 0 atom stereocenters. The number of carbonyl (C=O) groups excluding carboxylic acids is 1. The van der Waals surface area contributed by atoms with Crippen LogP contribution >= 0.6 is 0 Å². The highest BCUT2D eigenvalue weighted by atomic mass is 19.4. The van der Waals surface area contributed by atoms with Gasteiger partial charge < -0.3 is 9.26 Å². The van der Waals surface area contributed by atoms with Crippen LogP contribution in [0.2, 0.25) is 0 Å². The molecule has 140 valence electrons. The van der Waals surface area contributed by atoms with Crippen LogP contribution in [-0.2, 0) is 17.5 Å². The van der Waals surface area contributed by atoms with Gasteiger partial charge in [-0.2, -0.15) is 13.2 Å². The van der Waals surface area contributed by atoms with Gasteiger partial charge in [0, 0.05) is 11.1 Å². The molecule has 2 aromatic carbocycles. The van der Waals surface area contributed by atoms with E-state index in [0.717, 1.165) is 12.1 Å². The smallest absolute Gasteiger partial charge is 0.417 e. The number of esters is 1. The molecule has 0 bridgehead atoms. The maximum atomic E-state index is 13.0. The van der Waals surface area contributed by atoms with Crippen molar-refractivity contribution in [1.82, 2.24) is 5.16 Å². The summed E-state index contributed by atoms with van der Waals surface area (Å²) in [6.07, 6.45) is -4.67. The molecule has 0 saturated heterocycles. The van der Waals surface area contributed by atoms with Crippen LogP contribution in [-0.4, -0.2) is 11.1 Å². The van der Waals surface area contributed by atoms with Crippen molar-refractivity contribution in [2.24, 2.45) is 0 Å². The van der Waals surface area contributed by atoms with Gasteiger partial charge in [-0.15, -0.1) is 0 Å². The van der Waals surface area contributed by atoms with Gasteiger partial charge in [0.2, 0.25) is 0 Å². The Hall–Kier alpha value is -3.16. The Kier molecular flexibility index (Phi) is 4.98. The first-order valence-electron chi connectivity index (χ1n) is 7.82. The first kappa shape index (κ1) is 18.6. The van der Waals surface area contributed by atoms with E-state index in [0.29, 0.717) is 16.9 Å². The first-order valence-corrected chi connectivity index (χ1v) is 7.82. The summed E-state index contributed by atoms with van der Waals surface area (Å²) in [7, 11) is 0. The minimum absolute atomic E-state index is 0.257. The van der Waals surface area contributed by atoms with Crippen LogP contribution < -0.4 is 0 Å². The molecular weight excluding hydrogens is 366 g/mol. The molecule has 0 radical (unpaired) electrons. The molecule has 0 aliphatic heterocycles. The topological polar surface area (TPSA) is 52.3 Å². The summed E-state index contributed by atoms with van der Waals surface area (Å²) in [5.74, 6) is -1.17. The number of aromatic nitrogens is 1. The van der Waals surface area contributed by atoms with Crippen molar-refractivity contribution < 1.29 is 31.6 Å². The van der Waals surface area contributed by atoms with Gasteiger partial charge in [0.25, 0.3) is 0 Å². The summed E-state index contributed by atoms with van der Waals surface area (Å²) in [5.41, 5.74) is -0.282. The fourth-order valence-electron chi connectivity index (χ4n) is 2.49. The van der Waals surface area contributed by atoms with E-state index in [1.807, 2.05) is 0 Å². The van der Waals surface area contributed by atoms with Gasteiger partial charge in [0.05, 0.1) is 11.1 Å². The number of alkyl halides is 3. The largest absolute Gasteiger partial charge is 0.455 e. The van der Waals surface area contributed by atoms with Gasteiger partial charge in [0.15, 0.2) is 5.76 Å². The number of ether oxygens (including phenoxy) is 1. The molecular formula is C19H13F4NO3. The third-order valence-corrected chi connectivity index (χ3v) is 3.92. The number of hydrogen-bond acceptors (Lipinski definition) is 4. The number of rotatable bonds is 4. The summed E-state index contributed by atoms with van der Waals surface area (Å²) in [4.78, 5) is 12.1. The second-order valence-corrected chi connectivity index (χ2v) is 5.71. The van der Waals surface area contributed by atoms with Gasteiger partial charge in [-0.1, -0.05) is 17.3 Å². The van der Waals surface area contributed by atoms with E-state index >= 15 is 0 Å². The molecule has 27 heavy (non-hydrogen) atoms. The summed E-state index contributed by atoms with van der Waals surface area (Å²) < 4.78 is 62.2. The van der Waals surface area contributed by atoms with Gasteiger partial charge in [0.1, 0.15) is 18.1 Å². The number of halogens is 4. The Morgan fingerprint density at radius 2 is 1.78 bits per heavy atom. The lowest BCUT2D eigenvalue weighted by molar-refractivity contribution is -0.138. The average Bonchev–Trinajstić information content (AvgIpc) is 3.00. The summed E-state index contributed by atoms with van der Waals surface area (Å²) in [5, 5.41) is 3.78. The zero-order valence-corrected chi connectivity index (χ0v) is 14.0. The van der Waals surface area contributed by atoms with Crippen molar-refractivity contribution in [3.63, 3.8) is 0 Å². The highest BCUT2D eigenvalue weighted by Crippen LogP contribution is 2.32. The molecule has 3 aromatic rings. The SMILES string of the molecule is Cc1c(COC(=O)c2ccccc2C(F)(F)F)noc1-c1ccc(F)cc1. The van der Waals surface area contributed by atoms with E-state index in [1.54, 1.807) is 6.92 Å². The Morgan fingerprint density at radius 1 is 1.11 bits per heavy atom. The molecule has 0 N–H and O–H groups in total. The summed E-state index contributed by atoms with van der Waals surface area (Å²) >= 11 is 0. The van der Waals surface area contributed by atoms with Crippen molar-refractivity contribution in [3.05, 3.63) is 76.7 Å². The Bertz CT molecular complexity index is 962.